The summed E-state index contributed by atoms with van der Waals surface area (Å²) in [6.45, 7) is 5.09. The summed E-state index contributed by atoms with van der Waals surface area (Å²) in [6.07, 6.45) is 10.8. The number of rotatable bonds is 3. The van der Waals surface area contributed by atoms with Crippen LogP contribution in [0.3, 0.4) is 0 Å². The molecule has 0 heterocycles. The molecule has 0 spiro atoms. The van der Waals surface area contributed by atoms with Gasteiger partial charge >= 0.3 is 0 Å². The first kappa shape index (κ1) is 15.7. The van der Waals surface area contributed by atoms with E-state index >= 15 is 0 Å². The van der Waals surface area contributed by atoms with Crippen molar-refractivity contribution in [3.8, 4) is 0 Å². The third-order valence-electron chi connectivity index (χ3n) is 6.38. The highest BCUT2D eigenvalue weighted by molar-refractivity contribution is 7.02. The molecule has 2 aliphatic carbocycles. The van der Waals surface area contributed by atoms with E-state index < -0.39 is 8.07 Å². The van der Waals surface area contributed by atoms with E-state index in [2.05, 4.69) is 98.4 Å². The lowest BCUT2D eigenvalue weighted by Gasteiger charge is -2.40. The lowest BCUT2D eigenvalue weighted by atomic mass is 9.92. The minimum atomic E-state index is -1.83. The van der Waals surface area contributed by atoms with Gasteiger partial charge in [0, 0.05) is 0 Å². The summed E-state index contributed by atoms with van der Waals surface area (Å²) in [5, 5.41) is 3.16. The van der Waals surface area contributed by atoms with E-state index in [0.29, 0.717) is 5.92 Å². The van der Waals surface area contributed by atoms with Crippen molar-refractivity contribution in [3.05, 3.63) is 85.0 Å². The zero-order chi connectivity index (χ0) is 16.6. The van der Waals surface area contributed by atoms with Gasteiger partial charge in [-0.15, -0.1) is 0 Å². The second kappa shape index (κ2) is 6.21. The van der Waals surface area contributed by atoms with Crippen LogP contribution < -0.4 is 10.4 Å². The molecule has 24 heavy (non-hydrogen) atoms. The summed E-state index contributed by atoms with van der Waals surface area (Å²) in [5.41, 5.74) is 0.758. The molecular formula is C23H26Si. The molecule has 2 aromatic carbocycles. The van der Waals surface area contributed by atoms with Crippen molar-refractivity contribution in [1.29, 1.82) is 0 Å². The van der Waals surface area contributed by atoms with Crippen LogP contribution in [0.2, 0.25) is 12.1 Å². The Hall–Kier alpha value is -1.86. The van der Waals surface area contributed by atoms with Crippen molar-refractivity contribution >= 4 is 18.4 Å². The van der Waals surface area contributed by atoms with Gasteiger partial charge in [0.1, 0.15) is 8.07 Å². The molecule has 0 nitrogen and oxygen atoms in total. The summed E-state index contributed by atoms with van der Waals surface area (Å²) in [4.78, 5) is 0. The van der Waals surface area contributed by atoms with Crippen LogP contribution >= 0.6 is 0 Å². The van der Waals surface area contributed by atoms with Gasteiger partial charge in [0.15, 0.2) is 0 Å². The monoisotopic (exact) mass is 330 g/mol. The first-order valence-corrected chi connectivity index (χ1v) is 11.7. The van der Waals surface area contributed by atoms with E-state index in [9.17, 15) is 0 Å². The second-order valence-electron chi connectivity index (χ2n) is 7.68. The van der Waals surface area contributed by atoms with Crippen LogP contribution in [0.15, 0.2) is 85.0 Å². The summed E-state index contributed by atoms with van der Waals surface area (Å²) < 4.78 is 0. The first-order chi connectivity index (χ1) is 11.7. The van der Waals surface area contributed by atoms with Crippen LogP contribution in [0.25, 0.3) is 0 Å². The zero-order valence-corrected chi connectivity index (χ0v) is 15.6. The average molecular weight is 331 g/mol. The van der Waals surface area contributed by atoms with Crippen LogP contribution in [0, 0.1) is 17.8 Å². The predicted molar refractivity (Wildman–Crippen MR) is 107 cm³/mol. The Balaban J connectivity index is 1.88. The van der Waals surface area contributed by atoms with Gasteiger partial charge in [-0.1, -0.05) is 109 Å². The number of allylic oxidation sites excluding steroid dienone is 4. The summed E-state index contributed by atoms with van der Waals surface area (Å²) in [5.74, 6) is 2.20. The Morgan fingerprint density at radius 3 is 1.92 bits per heavy atom. The number of benzene rings is 2. The molecule has 0 saturated heterocycles. The lowest BCUT2D eigenvalue weighted by Crippen LogP contribution is -2.61. The zero-order valence-electron chi connectivity index (χ0n) is 14.6. The number of hydrogen-bond donors (Lipinski definition) is 0. The van der Waals surface area contributed by atoms with Gasteiger partial charge in [-0.2, -0.15) is 0 Å². The highest BCUT2D eigenvalue weighted by Crippen LogP contribution is 2.52. The molecular weight excluding hydrogens is 304 g/mol. The molecule has 2 aliphatic rings. The van der Waals surface area contributed by atoms with E-state index in [4.69, 9.17) is 0 Å². The molecule has 1 fully saturated rings. The van der Waals surface area contributed by atoms with Crippen LogP contribution in [0.1, 0.15) is 13.3 Å². The molecule has 122 valence electrons. The normalized spacial score (nSPS) is 28.8. The standard InChI is InChI=1S/C23H26Si/c1-18-17-19-11-9-10-16-22(19)23(18)24(2,20-12-5-3-6-13-20)21-14-7-4-8-15-21/h3-16,18-19,22-23H,17H2,1-2H3. The minimum absolute atomic E-state index is 0.696. The van der Waals surface area contributed by atoms with Gasteiger partial charge in [0.05, 0.1) is 0 Å². The number of fused-ring (bicyclic) bond motifs is 1. The van der Waals surface area contributed by atoms with Gasteiger partial charge in [0.2, 0.25) is 0 Å². The highest BCUT2D eigenvalue weighted by atomic mass is 28.3. The van der Waals surface area contributed by atoms with Crippen LogP contribution in [-0.4, -0.2) is 8.07 Å². The maximum Gasteiger partial charge on any atom is 0.119 e. The maximum absolute atomic E-state index is 2.60. The Kier molecular flexibility index (Phi) is 4.05. The summed E-state index contributed by atoms with van der Waals surface area (Å²) >= 11 is 0. The van der Waals surface area contributed by atoms with Crippen molar-refractivity contribution in [2.24, 2.45) is 17.8 Å². The van der Waals surface area contributed by atoms with Gasteiger partial charge in [-0.25, -0.2) is 0 Å². The van der Waals surface area contributed by atoms with Crippen molar-refractivity contribution in [2.45, 2.75) is 25.4 Å². The van der Waals surface area contributed by atoms with Gasteiger partial charge in [-0.05, 0) is 29.7 Å². The van der Waals surface area contributed by atoms with Crippen molar-refractivity contribution in [1.82, 2.24) is 0 Å². The van der Waals surface area contributed by atoms with Gasteiger partial charge < -0.3 is 0 Å². The van der Waals surface area contributed by atoms with E-state index in [1.165, 1.54) is 6.42 Å². The lowest BCUT2D eigenvalue weighted by molar-refractivity contribution is 0.545. The molecule has 0 aromatic heterocycles. The van der Waals surface area contributed by atoms with E-state index in [-0.39, 0.29) is 0 Å². The van der Waals surface area contributed by atoms with Crippen molar-refractivity contribution < 1.29 is 0 Å². The van der Waals surface area contributed by atoms with E-state index in [1.54, 1.807) is 10.4 Å². The second-order valence-corrected chi connectivity index (χ2v) is 11.9. The average Bonchev–Trinajstić information content (AvgIpc) is 2.99. The SMILES string of the molecule is CC1CC2C=CC=CC2C1[Si](C)(c1ccccc1)c1ccccc1. The summed E-state index contributed by atoms with van der Waals surface area (Å²) in [6, 6.07) is 22.7. The largest absolute Gasteiger partial charge is 0.119 e. The molecule has 0 N–H and O–H groups in total. The van der Waals surface area contributed by atoms with Gasteiger partial charge in [0.25, 0.3) is 0 Å². The third kappa shape index (κ3) is 2.43. The van der Waals surface area contributed by atoms with Gasteiger partial charge in [-0.3, -0.25) is 0 Å². The third-order valence-corrected chi connectivity index (χ3v) is 11.7. The van der Waals surface area contributed by atoms with E-state index in [1.807, 2.05) is 0 Å². The highest BCUT2D eigenvalue weighted by Gasteiger charge is 2.51. The van der Waals surface area contributed by atoms with Crippen LogP contribution in [0.5, 0.6) is 0 Å². The number of hydrogen-bond acceptors (Lipinski definition) is 0. The fourth-order valence-corrected chi connectivity index (χ4v) is 10.6. The first-order valence-electron chi connectivity index (χ1n) is 9.17. The molecule has 0 amide bonds. The van der Waals surface area contributed by atoms with Crippen molar-refractivity contribution in [3.63, 3.8) is 0 Å². The Morgan fingerprint density at radius 1 is 0.792 bits per heavy atom. The summed E-state index contributed by atoms with van der Waals surface area (Å²) in [7, 11) is -1.83. The van der Waals surface area contributed by atoms with E-state index in [0.717, 1.165) is 17.4 Å². The molecule has 4 unspecified atom stereocenters. The fourth-order valence-electron chi connectivity index (χ4n) is 5.32. The van der Waals surface area contributed by atoms with Crippen LogP contribution in [-0.2, 0) is 0 Å². The Labute approximate surface area is 146 Å². The molecule has 1 saturated carbocycles. The Morgan fingerprint density at radius 2 is 1.33 bits per heavy atom. The predicted octanol–water partition coefficient (Wildman–Crippen LogP) is 4.65. The van der Waals surface area contributed by atoms with Crippen molar-refractivity contribution in [2.75, 3.05) is 0 Å². The molecule has 0 radical (unpaired) electrons. The molecule has 1 heteroatoms. The maximum atomic E-state index is 2.60. The fraction of sp³-hybridized carbons (Fsp3) is 0.304. The molecule has 4 atom stereocenters. The van der Waals surface area contributed by atoms with Crippen LogP contribution in [0.4, 0.5) is 0 Å². The molecule has 2 aromatic rings. The molecule has 0 aliphatic heterocycles. The Bertz CT molecular complexity index is 705. The molecule has 4 rings (SSSR count). The topological polar surface area (TPSA) is 0 Å². The molecule has 0 bridgehead atoms. The smallest absolute Gasteiger partial charge is 0.0808 e. The minimum Gasteiger partial charge on any atom is -0.0808 e. The quantitative estimate of drug-likeness (QED) is 0.719.